The number of anilines is 1. The van der Waals surface area contributed by atoms with Crippen LogP contribution < -0.4 is 21.1 Å². The SMILES string of the molecule is NC(=O)COc1cccc(NC(=O)CNC(=O)c2cccc(Br)c2)c1. The number of rotatable bonds is 7. The van der Waals surface area contributed by atoms with Crippen molar-refractivity contribution in [1.29, 1.82) is 0 Å². The third-order valence-electron chi connectivity index (χ3n) is 3.00. The van der Waals surface area contributed by atoms with Gasteiger partial charge in [-0.3, -0.25) is 14.4 Å². The second-order valence-corrected chi connectivity index (χ2v) is 5.94. The van der Waals surface area contributed by atoms with Crippen molar-refractivity contribution in [1.82, 2.24) is 5.32 Å². The molecule has 0 aliphatic carbocycles. The van der Waals surface area contributed by atoms with Gasteiger partial charge in [-0.15, -0.1) is 0 Å². The zero-order chi connectivity index (χ0) is 18.2. The zero-order valence-corrected chi connectivity index (χ0v) is 14.7. The first-order valence-corrected chi connectivity index (χ1v) is 8.08. The van der Waals surface area contributed by atoms with Crippen molar-refractivity contribution in [2.24, 2.45) is 5.73 Å². The third kappa shape index (κ3) is 6.27. The van der Waals surface area contributed by atoms with Gasteiger partial charge in [0.1, 0.15) is 5.75 Å². The van der Waals surface area contributed by atoms with Gasteiger partial charge in [0, 0.05) is 21.8 Å². The number of amides is 3. The molecule has 0 aliphatic rings. The van der Waals surface area contributed by atoms with E-state index in [4.69, 9.17) is 10.5 Å². The summed E-state index contributed by atoms with van der Waals surface area (Å²) >= 11 is 3.28. The van der Waals surface area contributed by atoms with Gasteiger partial charge in [-0.2, -0.15) is 0 Å². The molecule has 3 amide bonds. The van der Waals surface area contributed by atoms with Crippen LogP contribution in [0.15, 0.2) is 53.0 Å². The number of carbonyl (C=O) groups is 3. The lowest BCUT2D eigenvalue weighted by atomic mass is 10.2. The van der Waals surface area contributed by atoms with E-state index in [2.05, 4.69) is 26.6 Å². The summed E-state index contributed by atoms with van der Waals surface area (Å²) in [6, 6.07) is 13.3. The fourth-order valence-electron chi connectivity index (χ4n) is 1.92. The Balaban J connectivity index is 1.86. The van der Waals surface area contributed by atoms with E-state index in [9.17, 15) is 14.4 Å². The maximum absolute atomic E-state index is 12.0. The lowest BCUT2D eigenvalue weighted by Crippen LogP contribution is -2.32. The number of nitrogens with two attached hydrogens (primary N) is 1. The lowest BCUT2D eigenvalue weighted by Gasteiger charge is -2.09. The van der Waals surface area contributed by atoms with E-state index in [1.807, 2.05) is 0 Å². The van der Waals surface area contributed by atoms with E-state index >= 15 is 0 Å². The molecule has 2 aromatic carbocycles. The van der Waals surface area contributed by atoms with Crippen molar-refractivity contribution >= 4 is 39.3 Å². The molecule has 0 fully saturated rings. The van der Waals surface area contributed by atoms with E-state index < -0.39 is 11.8 Å². The van der Waals surface area contributed by atoms with Crippen LogP contribution in [0.4, 0.5) is 5.69 Å². The molecular formula is C17H16BrN3O4. The van der Waals surface area contributed by atoms with Crippen molar-refractivity contribution in [2.45, 2.75) is 0 Å². The fourth-order valence-corrected chi connectivity index (χ4v) is 2.31. The molecule has 25 heavy (non-hydrogen) atoms. The van der Waals surface area contributed by atoms with Crippen LogP contribution in [0.5, 0.6) is 5.75 Å². The van der Waals surface area contributed by atoms with Crippen molar-refractivity contribution in [2.75, 3.05) is 18.5 Å². The van der Waals surface area contributed by atoms with Crippen LogP contribution in [-0.2, 0) is 9.59 Å². The minimum absolute atomic E-state index is 0.183. The van der Waals surface area contributed by atoms with Crippen molar-refractivity contribution in [3.63, 3.8) is 0 Å². The van der Waals surface area contributed by atoms with Crippen LogP contribution >= 0.6 is 15.9 Å². The van der Waals surface area contributed by atoms with Gasteiger partial charge in [0.05, 0.1) is 6.54 Å². The summed E-state index contributed by atoms with van der Waals surface area (Å²) < 4.78 is 5.93. The molecule has 8 heteroatoms. The van der Waals surface area contributed by atoms with Crippen LogP contribution in [0, 0.1) is 0 Å². The Morgan fingerprint density at radius 1 is 1.08 bits per heavy atom. The highest BCUT2D eigenvalue weighted by Crippen LogP contribution is 2.17. The minimum atomic E-state index is -0.593. The van der Waals surface area contributed by atoms with Gasteiger partial charge in [0.25, 0.3) is 11.8 Å². The number of nitrogens with one attached hydrogen (secondary N) is 2. The second-order valence-electron chi connectivity index (χ2n) is 5.02. The number of benzene rings is 2. The molecule has 0 saturated carbocycles. The summed E-state index contributed by atoms with van der Waals surface area (Å²) in [7, 11) is 0. The Kier molecular flexibility index (Phi) is 6.53. The molecule has 0 aliphatic heterocycles. The van der Waals surface area contributed by atoms with Gasteiger partial charge >= 0.3 is 0 Å². The molecule has 0 atom stereocenters. The Morgan fingerprint density at radius 3 is 2.56 bits per heavy atom. The molecule has 0 radical (unpaired) electrons. The topological polar surface area (TPSA) is 111 Å². The van der Waals surface area contributed by atoms with Crippen molar-refractivity contribution in [3.8, 4) is 5.75 Å². The predicted molar refractivity (Wildman–Crippen MR) is 96.2 cm³/mol. The zero-order valence-electron chi connectivity index (χ0n) is 13.1. The number of ether oxygens (including phenoxy) is 1. The summed E-state index contributed by atoms with van der Waals surface area (Å²) in [6.07, 6.45) is 0. The molecule has 2 aromatic rings. The average Bonchev–Trinajstić information content (AvgIpc) is 2.58. The first kappa shape index (κ1) is 18.5. The molecule has 0 unspecified atom stereocenters. The number of primary amides is 1. The molecule has 7 nitrogen and oxygen atoms in total. The third-order valence-corrected chi connectivity index (χ3v) is 3.49. The highest BCUT2D eigenvalue weighted by atomic mass is 79.9. The predicted octanol–water partition coefficient (Wildman–Crippen LogP) is 1.68. The maximum atomic E-state index is 12.0. The molecule has 130 valence electrons. The summed E-state index contributed by atoms with van der Waals surface area (Å²) in [5.41, 5.74) is 5.93. The normalized spacial score (nSPS) is 9.96. The van der Waals surface area contributed by atoms with E-state index in [1.165, 1.54) is 0 Å². The molecule has 0 saturated heterocycles. The minimum Gasteiger partial charge on any atom is -0.484 e. The number of hydrogen-bond donors (Lipinski definition) is 3. The number of halogens is 1. The monoisotopic (exact) mass is 405 g/mol. The smallest absolute Gasteiger partial charge is 0.255 e. The summed E-state index contributed by atoms with van der Waals surface area (Å²) in [5.74, 6) is -0.940. The molecule has 2 rings (SSSR count). The van der Waals surface area contributed by atoms with Crippen LogP contribution in [-0.4, -0.2) is 30.9 Å². The molecular weight excluding hydrogens is 390 g/mol. The first-order valence-electron chi connectivity index (χ1n) is 7.29. The van der Waals surface area contributed by atoms with Crippen LogP contribution in [0.25, 0.3) is 0 Å². The second kappa shape index (κ2) is 8.84. The number of carbonyl (C=O) groups excluding carboxylic acids is 3. The van der Waals surface area contributed by atoms with Gasteiger partial charge < -0.3 is 21.1 Å². The van der Waals surface area contributed by atoms with Gasteiger partial charge in [-0.25, -0.2) is 0 Å². The standard InChI is InChI=1S/C17H16BrN3O4/c18-12-4-1-3-11(7-12)17(24)20-9-16(23)21-13-5-2-6-14(8-13)25-10-15(19)22/h1-8H,9-10H2,(H2,19,22)(H,20,24)(H,21,23). The van der Waals surface area contributed by atoms with Crippen molar-refractivity contribution < 1.29 is 19.1 Å². The quantitative estimate of drug-likeness (QED) is 0.650. The van der Waals surface area contributed by atoms with Crippen LogP contribution in [0.2, 0.25) is 0 Å². The Labute approximate surface area is 152 Å². The Bertz CT molecular complexity index is 795. The van der Waals surface area contributed by atoms with E-state index in [0.29, 0.717) is 17.0 Å². The first-order chi connectivity index (χ1) is 11.9. The molecule has 0 bridgehead atoms. The highest BCUT2D eigenvalue weighted by molar-refractivity contribution is 9.10. The van der Waals surface area contributed by atoms with Crippen LogP contribution in [0.1, 0.15) is 10.4 Å². The molecule has 4 N–H and O–H groups in total. The molecule has 0 heterocycles. The van der Waals surface area contributed by atoms with E-state index in [-0.39, 0.29) is 19.1 Å². The Hall–Kier alpha value is -2.87. The van der Waals surface area contributed by atoms with Gasteiger partial charge in [-0.05, 0) is 30.3 Å². The van der Waals surface area contributed by atoms with Crippen LogP contribution in [0.3, 0.4) is 0 Å². The summed E-state index contributed by atoms with van der Waals surface area (Å²) in [4.78, 5) is 34.6. The van der Waals surface area contributed by atoms with E-state index in [0.717, 1.165) is 4.47 Å². The average molecular weight is 406 g/mol. The summed E-state index contributed by atoms with van der Waals surface area (Å²) in [5, 5.41) is 5.17. The maximum Gasteiger partial charge on any atom is 0.255 e. The van der Waals surface area contributed by atoms with Crippen molar-refractivity contribution in [3.05, 3.63) is 58.6 Å². The molecule has 0 spiro atoms. The van der Waals surface area contributed by atoms with E-state index in [1.54, 1.807) is 48.5 Å². The molecule has 0 aromatic heterocycles. The fraction of sp³-hybridized carbons (Fsp3) is 0.118. The van der Waals surface area contributed by atoms with Gasteiger partial charge in [0.15, 0.2) is 6.61 Å². The lowest BCUT2D eigenvalue weighted by molar-refractivity contribution is -0.120. The van der Waals surface area contributed by atoms with Gasteiger partial charge in [0.2, 0.25) is 5.91 Å². The summed E-state index contributed by atoms with van der Waals surface area (Å²) in [6.45, 7) is -0.433. The largest absolute Gasteiger partial charge is 0.484 e. The highest BCUT2D eigenvalue weighted by Gasteiger charge is 2.09. The Morgan fingerprint density at radius 2 is 1.84 bits per heavy atom. The van der Waals surface area contributed by atoms with Gasteiger partial charge in [-0.1, -0.05) is 28.1 Å². The number of hydrogen-bond acceptors (Lipinski definition) is 4.